The topological polar surface area (TPSA) is 59.3 Å². The smallest absolute Gasteiger partial charge is 0.322 e. The van der Waals surface area contributed by atoms with E-state index < -0.39 is 17.8 Å². The van der Waals surface area contributed by atoms with Gasteiger partial charge in [-0.2, -0.15) is 18.3 Å². The second-order valence-electron chi connectivity index (χ2n) is 8.10. The zero-order valence-electron chi connectivity index (χ0n) is 18.4. The molecule has 8 heteroatoms. The second-order valence-corrected chi connectivity index (χ2v) is 8.10. The summed E-state index contributed by atoms with van der Waals surface area (Å²) in [5.74, 6) is -0.293. The van der Waals surface area contributed by atoms with Crippen molar-refractivity contribution < 1.29 is 18.0 Å². The highest BCUT2D eigenvalue weighted by molar-refractivity contribution is 6.08. The predicted molar refractivity (Wildman–Crippen MR) is 121 cm³/mol. The van der Waals surface area contributed by atoms with Crippen LogP contribution in [-0.2, 0) is 12.6 Å². The minimum absolute atomic E-state index is 0.0410. The van der Waals surface area contributed by atoms with Crippen LogP contribution in [0, 0.1) is 0 Å². The molecule has 0 fully saturated rings. The highest BCUT2D eigenvalue weighted by Crippen LogP contribution is 2.33. The van der Waals surface area contributed by atoms with Crippen LogP contribution >= 0.6 is 0 Å². The summed E-state index contributed by atoms with van der Waals surface area (Å²) >= 11 is 0. The third kappa shape index (κ3) is 4.60. The summed E-state index contributed by atoms with van der Waals surface area (Å²) in [6, 6.07) is 15.4. The maximum absolute atomic E-state index is 13.8. The van der Waals surface area contributed by atoms with Gasteiger partial charge in [0.15, 0.2) is 11.3 Å². The van der Waals surface area contributed by atoms with Crippen molar-refractivity contribution in [2.45, 2.75) is 39.3 Å². The summed E-state index contributed by atoms with van der Waals surface area (Å²) < 4.78 is 42.1. The fourth-order valence-corrected chi connectivity index (χ4v) is 3.53. The standard InChI is InChI=1S/C25H23F3N4O/c1-4-16-5-11-19(12-6-16)30-24(33)20-14-29-32-22(25(26,27)28)13-21(31-23(20)32)18-9-7-17(8-10-18)15(2)3/h5-15H,4H2,1-3H3,(H,30,33). The quantitative estimate of drug-likeness (QED) is 0.384. The van der Waals surface area contributed by atoms with Crippen LogP contribution in [-0.4, -0.2) is 20.5 Å². The first-order chi connectivity index (χ1) is 15.7. The molecule has 1 N–H and O–H groups in total. The van der Waals surface area contributed by atoms with Gasteiger partial charge in [0.1, 0.15) is 5.56 Å². The van der Waals surface area contributed by atoms with Crippen molar-refractivity contribution >= 4 is 17.2 Å². The molecular formula is C25H23F3N4O. The first-order valence-electron chi connectivity index (χ1n) is 10.6. The largest absolute Gasteiger partial charge is 0.433 e. The Morgan fingerprint density at radius 3 is 2.30 bits per heavy atom. The van der Waals surface area contributed by atoms with E-state index in [9.17, 15) is 18.0 Å². The van der Waals surface area contributed by atoms with E-state index in [0.717, 1.165) is 29.8 Å². The van der Waals surface area contributed by atoms with Gasteiger partial charge in [-0.05, 0) is 41.7 Å². The van der Waals surface area contributed by atoms with Crippen molar-refractivity contribution in [3.05, 3.63) is 83.2 Å². The van der Waals surface area contributed by atoms with Gasteiger partial charge in [-0.3, -0.25) is 4.79 Å². The molecule has 5 nitrogen and oxygen atoms in total. The number of nitrogens with one attached hydrogen (secondary N) is 1. The number of alkyl halides is 3. The predicted octanol–water partition coefficient (Wildman–Crippen LogP) is 6.35. The summed E-state index contributed by atoms with van der Waals surface area (Å²) in [5.41, 5.74) is 2.15. The van der Waals surface area contributed by atoms with Crippen LogP contribution in [0.5, 0.6) is 0 Å². The van der Waals surface area contributed by atoms with E-state index in [1.807, 2.05) is 45.0 Å². The molecule has 0 saturated carbocycles. The van der Waals surface area contributed by atoms with Crippen LogP contribution in [0.3, 0.4) is 0 Å². The molecule has 0 spiro atoms. The Bertz CT molecular complexity index is 1290. The monoisotopic (exact) mass is 452 g/mol. The Hall–Kier alpha value is -3.68. The van der Waals surface area contributed by atoms with Crippen molar-refractivity contribution in [1.29, 1.82) is 0 Å². The normalized spacial score (nSPS) is 11.8. The molecule has 0 aliphatic rings. The molecule has 2 aromatic carbocycles. The first kappa shape index (κ1) is 22.5. The van der Waals surface area contributed by atoms with Crippen LogP contribution in [0.2, 0.25) is 0 Å². The maximum atomic E-state index is 13.8. The number of anilines is 1. The van der Waals surface area contributed by atoms with E-state index in [0.29, 0.717) is 15.8 Å². The van der Waals surface area contributed by atoms with Gasteiger partial charge in [0.05, 0.1) is 11.9 Å². The third-order valence-electron chi connectivity index (χ3n) is 5.50. The molecular weight excluding hydrogens is 429 g/mol. The van der Waals surface area contributed by atoms with Gasteiger partial charge < -0.3 is 5.32 Å². The zero-order valence-corrected chi connectivity index (χ0v) is 18.4. The number of benzene rings is 2. The lowest BCUT2D eigenvalue weighted by Crippen LogP contribution is -2.15. The summed E-state index contributed by atoms with van der Waals surface area (Å²) in [7, 11) is 0. The van der Waals surface area contributed by atoms with Crippen molar-refractivity contribution in [3.8, 4) is 11.3 Å². The molecule has 0 aliphatic carbocycles. The van der Waals surface area contributed by atoms with E-state index in [1.54, 1.807) is 24.3 Å². The summed E-state index contributed by atoms with van der Waals surface area (Å²) in [6.45, 7) is 6.09. The second kappa shape index (κ2) is 8.69. The lowest BCUT2D eigenvalue weighted by Gasteiger charge is -2.12. The number of carbonyl (C=O) groups excluding carboxylic acids is 1. The molecule has 2 heterocycles. The van der Waals surface area contributed by atoms with Gasteiger partial charge in [-0.25, -0.2) is 9.50 Å². The summed E-state index contributed by atoms with van der Waals surface area (Å²) in [6.07, 6.45) is -2.71. The Morgan fingerprint density at radius 2 is 1.73 bits per heavy atom. The van der Waals surface area contributed by atoms with Crippen molar-refractivity contribution in [3.63, 3.8) is 0 Å². The lowest BCUT2D eigenvalue weighted by molar-refractivity contribution is -0.142. The molecule has 33 heavy (non-hydrogen) atoms. The Morgan fingerprint density at radius 1 is 1.06 bits per heavy atom. The molecule has 170 valence electrons. The van der Waals surface area contributed by atoms with Crippen LogP contribution < -0.4 is 5.32 Å². The Labute approximate surface area is 189 Å². The van der Waals surface area contributed by atoms with Gasteiger partial charge in [-0.15, -0.1) is 0 Å². The highest BCUT2D eigenvalue weighted by atomic mass is 19.4. The van der Waals surface area contributed by atoms with Crippen molar-refractivity contribution in [2.24, 2.45) is 0 Å². The maximum Gasteiger partial charge on any atom is 0.433 e. The lowest BCUT2D eigenvalue weighted by atomic mass is 10.0. The highest BCUT2D eigenvalue weighted by Gasteiger charge is 2.36. The van der Waals surface area contributed by atoms with Crippen LogP contribution in [0.4, 0.5) is 18.9 Å². The van der Waals surface area contributed by atoms with Crippen LogP contribution in [0.15, 0.2) is 60.8 Å². The van der Waals surface area contributed by atoms with E-state index in [1.165, 1.54) is 0 Å². The van der Waals surface area contributed by atoms with Crippen molar-refractivity contribution in [2.75, 3.05) is 5.32 Å². The zero-order chi connectivity index (χ0) is 23.8. The number of halogens is 3. The summed E-state index contributed by atoms with van der Waals surface area (Å²) in [4.78, 5) is 17.3. The molecule has 4 rings (SSSR count). The summed E-state index contributed by atoms with van der Waals surface area (Å²) in [5, 5.41) is 6.53. The molecule has 0 unspecified atom stereocenters. The van der Waals surface area contributed by atoms with Gasteiger partial charge in [-0.1, -0.05) is 57.2 Å². The molecule has 2 aromatic heterocycles. The fraction of sp³-hybridized carbons (Fsp3) is 0.240. The molecule has 0 bridgehead atoms. The number of nitrogens with zero attached hydrogens (tertiary/aromatic N) is 3. The number of rotatable bonds is 5. The molecule has 0 aliphatic heterocycles. The Kier molecular flexibility index (Phi) is 5.93. The molecule has 0 radical (unpaired) electrons. The number of carbonyl (C=O) groups is 1. The fourth-order valence-electron chi connectivity index (χ4n) is 3.53. The number of hydrogen-bond donors (Lipinski definition) is 1. The van der Waals surface area contributed by atoms with Crippen LogP contribution in [0.1, 0.15) is 53.9 Å². The molecule has 1 amide bonds. The van der Waals surface area contributed by atoms with E-state index in [4.69, 9.17) is 0 Å². The number of fused-ring (bicyclic) bond motifs is 1. The van der Waals surface area contributed by atoms with E-state index in [2.05, 4.69) is 15.4 Å². The minimum Gasteiger partial charge on any atom is -0.322 e. The minimum atomic E-state index is -4.68. The van der Waals surface area contributed by atoms with Crippen molar-refractivity contribution in [1.82, 2.24) is 14.6 Å². The first-order valence-corrected chi connectivity index (χ1v) is 10.6. The SMILES string of the molecule is CCc1ccc(NC(=O)c2cnn3c(C(F)(F)F)cc(-c4ccc(C(C)C)cc4)nc23)cc1. The molecule has 0 saturated heterocycles. The third-order valence-corrected chi connectivity index (χ3v) is 5.50. The molecule has 0 atom stereocenters. The van der Waals surface area contributed by atoms with Gasteiger partial charge in [0.2, 0.25) is 0 Å². The Balaban J connectivity index is 1.78. The average Bonchev–Trinajstić information content (AvgIpc) is 3.22. The van der Waals surface area contributed by atoms with E-state index in [-0.39, 0.29) is 22.8 Å². The van der Waals surface area contributed by atoms with Crippen LogP contribution in [0.25, 0.3) is 16.9 Å². The number of amides is 1. The van der Waals surface area contributed by atoms with Gasteiger partial charge in [0, 0.05) is 11.3 Å². The molecule has 4 aromatic rings. The number of aromatic nitrogens is 3. The van der Waals surface area contributed by atoms with E-state index >= 15 is 0 Å². The number of hydrogen-bond acceptors (Lipinski definition) is 3. The number of aryl methyl sites for hydroxylation is 1. The average molecular weight is 452 g/mol. The van der Waals surface area contributed by atoms with Gasteiger partial charge in [0.25, 0.3) is 5.91 Å². The van der Waals surface area contributed by atoms with Gasteiger partial charge >= 0.3 is 6.18 Å².